The predicted octanol–water partition coefficient (Wildman–Crippen LogP) is 1.35. The van der Waals surface area contributed by atoms with Crippen molar-refractivity contribution in [2.24, 2.45) is 10.4 Å². The van der Waals surface area contributed by atoms with Gasteiger partial charge in [0.2, 0.25) is 0 Å². The van der Waals surface area contributed by atoms with Gasteiger partial charge in [0.1, 0.15) is 0 Å². The topological polar surface area (TPSA) is 32.6 Å². The van der Waals surface area contributed by atoms with E-state index in [9.17, 15) is 0 Å². The van der Waals surface area contributed by atoms with E-state index in [4.69, 9.17) is 5.11 Å². The molecule has 1 heterocycles. The Kier molecular flexibility index (Phi) is 2.26. The molecule has 0 bridgehead atoms. The average Bonchev–Trinajstić information content (AvgIpc) is 1.88. The molecule has 1 atom stereocenters. The molecule has 0 saturated heterocycles. The van der Waals surface area contributed by atoms with Crippen LogP contribution in [-0.2, 0) is 0 Å². The molecule has 0 aliphatic carbocycles. The molecule has 10 heavy (non-hydrogen) atoms. The van der Waals surface area contributed by atoms with Crippen LogP contribution in [0.15, 0.2) is 15.6 Å². The van der Waals surface area contributed by atoms with Gasteiger partial charge in [-0.25, -0.2) is 0 Å². The summed E-state index contributed by atoms with van der Waals surface area (Å²) in [6, 6.07) is 0. The van der Waals surface area contributed by atoms with Gasteiger partial charge in [-0.05, 0) is 15.9 Å². The zero-order valence-electron chi connectivity index (χ0n) is 5.84. The molecule has 0 unspecified atom stereocenters. The third-order valence-corrected chi connectivity index (χ3v) is 1.95. The molecular weight excluding hydrogens is 194 g/mol. The summed E-state index contributed by atoms with van der Waals surface area (Å²) in [4.78, 5) is 4.08. The van der Waals surface area contributed by atoms with E-state index in [2.05, 4.69) is 20.9 Å². The van der Waals surface area contributed by atoms with Crippen molar-refractivity contribution < 1.29 is 5.11 Å². The Bertz CT molecular complexity index is 188. The second-order valence-corrected chi connectivity index (χ2v) is 3.73. The molecule has 0 aromatic heterocycles. The van der Waals surface area contributed by atoms with Gasteiger partial charge in [-0.3, -0.25) is 4.99 Å². The van der Waals surface area contributed by atoms with Gasteiger partial charge in [-0.2, -0.15) is 0 Å². The molecule has 3 heteroatoms. The van der Waals surface area contributed by atoms with Crippen molar-refractivity contribution in [2.75, 3.05) is 13.2 Å². The van der Waals surface area contributed by atoms with Gasteiger partial charge in [0.05, 0.1) is 13.2 Å². The monoisotopic (exact) mass is 203 g/mol. The Hall–Kier alpha value is -0.150. The van der Waals surface area contributed by atoms with Gasteiger partial charge in [0, 0.05) is 16.1 Å². The molecule has 1 aliphatic rings. The van der Waals surface area contributed by atoms with Crippen molar-refractivity contribution in [3.63, 3.8) is 0 Å². The van der Waals surface area contributed by atoms with Crippen LogP contribution in [-0.4, -0.2) is 24.5 Å². The fraction of sp³-hybridized carbons (Fsp3) is 0.571. The zero-order valence-corrected chi connectivity index (χ0v) is 7.43. The van der Waals surface area contributed by atoms with Gasteiger partial charge in [0.15, 0.2) is 0 Å². The molecule has 1 aliphatic heterocycles. The number of hydrogen-bond donors (Lipinski definition) is 1. The smallest absolute Gasteiger partial charge is 0.0537 e. The summed E-state index contributed by atoms with van der Waals surface area (Å²) in [5.41, 5.74) is -0.159. The second-order valence-electron chi connectivity index (χ2n) is 2.81. The van der Waals surface area contributed by atoms with Crippen molar-refractivity contribution in [3.05, 3.63) is 10.6 Å². The first-order valence-electron chi connectivity index (χ1n) is 3.15. The number of nitrogens with zero attached hydrogens (tertiary/aromatic N) is 1. The van der Waals surface area contributed by atoms with Crippen LogP contribution in [0.2, 0.25) is 0 Å². The maximum atomic E-state index is 8.93. The molecule has 56 valence electrons. The molecule has 1 N–H and O–H groups in total. The van der Waals surface area contributed by atoms with E-state index in [1.807, 2.05) is 13.0 Å². The molecular formula is C7H10BrNO. The van der Waals surface area contributed by atoms with Crippen LogP contribution in [0.25, 0.3) is 0 Å². The minimum absolute atomic E-state index is 0.152. The number of rotatable bonds is 1. The fourth-order valence-corrected chi connectivity index (χ4v) is 1.55. The second kappa shape index (κ2) is 2.84. The normalized spacial score (nSPS) is 32.1. The van der Waals surface area contributed by atoms with E-state index in [0.717, 1.165) is 4.48 Å². The standard InChI is InChI=1S/C7H10BrNO/c1-7(5-10)2-6(8)3-9-4-7/h2-3,10H,4-5H2,1H3/t7-/m1/s1. The lowest BCUT2D eigenvalue weighted by Crippen LogP contribution is -2.24. The van der Waals surface area contributed by atoms with E-state index in [-0.39, 0.29) is 12.0 Å². The minimum Gasteiger partial charge on any atom is -0.395 e. The van der Waals surface area contributed by atoms with Crippen molar-refractivity contribution in [2.45, 2.75) is 6.92 Å². The van der Waals surface area contributed by atoms with Crippen LogP contribution >= 0.6 is 15.9 Å². The minimum atomic E-state index is -0.159. The largest absolute Gasteiger partial charge is 0.395 e. The van der Waals surface area contributed by atoms with Crippen LogP contribution in [0.4, 0.5) is 0 Å². The van der Waals surface area contributed by atoms with Crippen molar-refractivity contribution >= 4 is 22.1 Å². The van der Waals surface area contributed by atoms with E-state index < -0.39 is 0 Å². The van der Waals surface area contributed by atoms with E-state index in [1.165, 1.54) is 0 Å². The predicted molar refractivity (Wildman–Crippen MR) is 45.6 cm³/mol. The first kappa shape index (κ1) is 7.95. The molecule has 0 amide bonds. The summed E-state index contributed by atoms with van der Waals surface area (Å²) in [5.74, 6) is 0. The van der Waals surface area contributed by atoms with E-state index >= 15 is 0 Å². The summed E-state index contributed by atoms with van der Waals surface area (Å²) in [7, 11) is 0. The third-order valence-electron chi connectivity index (χ3n) is 1.51. The summed E-state index contributed by atoms with van der Waals surface area (Å²) >= 11 is 3.31. The highest BCUT2D eigenvalue weighted by atomic mass is 79.9. The highest BCUT2D eigenvalue weighted by Gasteiger charge is 2.22. The number of aliphatic hydroxyl groups excluding tert-OH is 1. The average molecular weight is 204 g/mol. The van der Waals surface area contributed by atoms with Gasteiger partial charge < -0.3 is 5.11 Å². The maximum Gasteiger partial charge on any atom is 0.0537 e. The first-order chi connectivity index (χ1) is 4.66. The van der Waals surface area contributed by atoms with Crippen LogP contribution < -0.4 is 0 Å². The Morgan fingerprint density at radius 3 is 3.00 bits per heavy atom. The molecule has 1 rings (SSSR count). The number of halogens is 1. The molecule has 0 spiro atoms. The van der Waals surface area contributed by atoms with Gasteiger partial charge in [0.25, 0.3) is 0 Å². The molecule has 2 nitrogen and oxygen atoms in total. The summed E-state index contributed by atoms with van der Waals surface area (Å²) in [6.07, 6.45) is 3.75. The Morgan fingerprint density at radius 2 is 2.60 bits per heavy atom. The molecule has 0 fully saturated rings. The maximum absolute atomic E-state index is 8.93. The van der Waals surface area contributed by atoms with Crippen LogP contribution in [0.1, 0.15) is 6.92 Å². The highest BCUT2D eigenvalue weighted by Crippen LogP contribution is 2.24. The lowest BCUT2D eigenvalue weighted by atomic mass is 9.90. The SMILES string of the molecule is C[C@@]1(CO)C=C(Br)C=NC1. The summed E-state index contributed by atoms with van der Waals surface area (Å²) in [5, 5.41) is 8.93. The Balaban J connectivity index is 2.76. The summed E-state index contributed by atoms with van der Waals surface area (Å²) < 4.78 is 0.954. The number of dihydropyridines is 1. The van der Waals surface area contributed by atoms with Crippen molar-refractivity contribution in [3.8, 4) is 0 Å². The number of aliphatic imine (C=N–C) groups is 1. The molecule has 0 saturated carbocycles. The van der Waals surface area contributed by atoms with Crippen molar-refractivity contribution in [1.82, 2.24) is 0 Å². The third kappa shape index (κ3) is 1.67. The molecule has 0 aromatic rings. The number of allylic oxidation sites excluding steroid dienone is 1. The van der Waals surface area contributed by atoms with Gasteiger partial charge in [-0.15, -0.1) is 0 Å². The fourth-order valence-electron chi connectivity index (χ4n) is 0.853. The number of hydrogen-bond acceptors (Lipinski definition) is 2. The van der Waals surface area contributed by atoms with Crippen LogP contribution in [0.5, 0.6) is 0 Å². The van der Waals surface area contributed by atoms with Crippen LogP contribution in [0, 0.1) is 5.41 Å². The van der Waals surface area contributed by atoms with Gasteiger partial charge in [-0.1, -0.05) is 13.0 Å². The lowest BCUT2D eigenvalue weighted by Gasteiger charge is -2.23. The summed E-state index contributed by atoms with van der Waals surface area (Å²) in [6.45, 7) is 2.81. The quantitative estimate of drug-likeness (QED) is 0.686. The lowest BCUT2D eigenvalue weighted by molar-refractivity contribution is 0.190. The van der Waals surface area contributed by atoms with Crippen molar-refractivity contribution in [1.29, 1.82) is 0 Å². The first-order valence-corrected chi connectivity index (χ1v) is 3.95. The Labute approximate surface area is 68.8 Å². The zero-order chi connectivity index (χ0) is 7.61. The van der Waals surface area contributed by atoms with E-state index in [1.54, 1.807) is 6.21 Å². The highest BCUT2D eigenvalue weighted by molar-refractivity contribution is 9.12. The Morgan fingerprint density at radius 1 is 1.90 bits per heavy atom. The molecule has 0 aromatic carbocycles. The van der Waals surface area contributed by atoms with E-state index in [0.29, 0.717) is 6.54 Å². The number of aliphatic hydroxyl groups is 1. The van der Waals surface area contributed by atoms with Gasteiger partial charge >= 0.3 is 0 Å². The molecule has 0 radical (unpaired) electrons. The van der Waals surface area contributed by atoms with Crippen LogP contribution in [0.3, 0.4) is 0 Å².